The van der Waals surface area contributed by atoms with Gasteiger partial charge in [-0.05, 0) is 49.6 Å². The molecule has 0 spiro atoms. The van der Waals surface area contributed by atoms with Gasteiger partial charge >= 0.3 is 0 Å². The molecule has 0 saturated carbocycles. The maximum absolute atomic E-state index is 13.8. The van der Waals surface area contributed by atoms with Gasteiger partial charge in [0.2, 0.25) is 21.8 Å². The second-order valence-electron chi connectivity index (χ2n) is 9.42. The van der Waals surface area contributed by atoms with E-state index in [0.717, 1.165) is 9.87 Å². The number of fused-ring (bicyclic) bond motifs is 1. The molecule has 2 amide bonds. The number of nitrogens with zero attached hydrogens (tertiary/aromatic N) is 2. The van der Waals surface area contributed by atoms with Crippen molar-refractivity contribution in [3.8, 4) is 17.2 Å². The molecule has 1 N–H and O–H groups in total. The molecule has 0 aromatic heterocycles. The number of sulfonamides is 1. The highest BCUT2D eigenvalue weighted by Gasteiger charge is 2.31. The average Bonchev–Trinajstić information content (AvgIpc) is 2.92. The zero-order valence-corrected chi connectivity index (χ0v) is 23.4. The number of hydrogen-bond acceptors (Lipinski definition) is 7. The molecule has 0 fully saturated rings. The van der Waals surface area contributed by atoms with Crippen molar-refractivity contribution in [3.05, 3.63) is 48.0 Å². The summed E-state index contributed by atoms with van der Waals surface area (Å²) in [6.45, 7) is 7.91. The first-order valence-corrected chi connectivity index (χ1v) is 14.3. The Kier molecular flexibility index (Phi) is 9.84. The molecule has 1 heterocycles. The number of methoxy groups -OCH3 is 1. The Hall–Kier alpha value is -3.47. The smallest absolute Gasteiger partial charge is 0.244 e. The van der Waals surface area contributed by atoms with Gasteiger partial charge in [0.15, 0.2) is 11.5 Å². The molecule has 1 atom stereocenters. The number of rotatable bonds is 12. The molecule has 2 aromatic rings. The molecule has 3 rings (SSSR count). The van der Waals surface area contributed by atoms with Crippen molar-refractivity contribution in [3.63, 3.8) is 0 Å². The molecule has 208 valence electrons. The number of carbonyl (C=O) groups is 2. The van der Waals surface area contributed by atoms with E-state index in [4.69, 9.17) is 14.2 Å². The van der Waals surface area contributed by atoms with E-state index in [1.165, 1.54) is 11.8 Å². The van der Waals surface area contributed by atoms with E-state index in [0.29, 0.717) is 37.0 Å². The maximum atomic E-state index is 13.8. The van der Waals surface area contributed by atoms with Crippen molar-refractivity contribution < 1.29 is 32.2 Å². The highest BCUT2D eigenvalue weighted by molar-refractivity contribution is 7.92. The molecule has 1 unspecified atom stereocenters. The lowest BCUT2D eigenvalue weighted by atomic mass is 10.1. The molecule has 11 heteroatoms. The fraction of sp³-hybridized carbons (Fsp3) is 0.481. The van der Waals surface area contributed by atoms with Gasteiger partial charge in [-0.3, -0.25) is 13.9 Å². The van der Waals surface area contributed by atoms with Crippen LogP contribution in [0.3, 0.4) is 0 Å². The van der Waals surface area contributed by atoms with E-state index < -0.39 is 28.5 Å². The van der Waals surface area contributed by atoms with Gasteiger partial charge in [-0.15, -0.1) is 0 Å². The molecule has 0 aliphatic carbocycles. The summed E-state index contributed by atoms with van der Waals surface area (Å²) < 4.78 is 43.8. The van der Waals surface area contributed by atoms with Gasteiger partial charge in [0.25, 0.3) is 0 Å². The molecule has 0 saturated heterocycles. The fourth-order valence-corrected chi connectivity index (χ4v) is 4.96. The molecule has 2 aromatic carbocycles. The first kappa shape index (κ1) is 29.1. The van der Waals surface area contributed by atoms with Gasteiger partial charge < -0.3 is 24.4 Å². The Balaban J connectivity index is 1.94. The van der Waals surface area contributed by atoms with Crippen LogP contribution in [0.1, 0.15) is 33.3 Å². The zero-order chi connectivity index (χ0) is 27.9. The second-order valence-corrected chi connectivity index (χ2v) is 11.6. The number of nitrogens with one attached hydrogen (secondary N) is 1. The van der Waals surface area contributed by atoms with Crippen molar-refractivity contribution in [1.29, 1.82) is 0 Å². The van der Waals surface area contributed by atoms with Crippen molar-refractivity contribution >= 4 is 27.5 Å². The Morgan fingerprint density at radius 2 is 1.76 bits per heavy atom. The third kappa shape index (κ3) is 7.31. The minimum atomic E-state index is -3.85. The third-order valence-corrected chi connectivity index (χ3v) is 7.87. The maximum Gasteiger partial charge on any atom is 0.244 e. The van der Waals surface area contributed by atoms with Crippen LogP contribution < -0.4 is 23.8 Å². The molecular formula is C27H37N3O7S. The van der Waals surface area contributed by atoms with E-state index in [1.807, 2.05) is 19.9 Å². The van der Waals surface area contributed by atoms with Crippen molar-refractivity contribution in [2.45, 2.75) is 40.3 Å². The highest BCUT2D eigenvalue weighted by Crippen LogP contribution is 2.35. The highest BCUT2D eigenvalue weighted by atomic mass is 32.2. The van der Waals surface area contributed by atoms with Gasteiger partial charge in [-0.2, -0.15) is 0 Å². The lowest BCUT2D eigenvalue weighted by Crippen LogP contribution is -2.51. The summed E-state index contributed by atoms with van der Waals surface area (Å²) in [6, 6.07) is 11.1. The SMILES string of the molecule is CCS(=O)(=O)N(CC(=O)N(Cc1cccc(OC)c1)C(C)C(=O)NCC(C)C)c1ccc2c(c1)OCCO2. The first-order valence-electron chi connectivity index (χ1n) is 12.7. The number of hydrogen-bond donors (Lipinski definition) is 1. The van der Waals surface area contributed by atoms with Crippen LogP contribution in [0.2, 0.25) is 0 Å². The summed E-state index contributed by atoms with van der Waals surface area (Å²) in [5, 5.41) is 2.87. The quantitative estimate of drug-likeness (QED) is 0.435. The van der Waals surface area contributed by atoms with Gasteiger partial charge in [0.1, 0.15) is 31.5 Å². The molecule has 0 radical (unpaired) electrons. The molecule has 1 aliphatic rings. The minimum absolute atomic E-state index is 0.0907. The normalized spacial score (nSPS) is 13.5. The number of benzene rings is 2. The van der Waals surface area contributed by atoms with Crippen molar-refractivity contribution in [1.82, 2.24) is 10.2 Å². The van der Waals surface area contributed by atoms with Crippen LogP contribution >= 0.6 is 0 Å². The van der Waals surface area contributed by atoms with Crippen molar-refractivity contribution in [2.75, 3.05) is 43.5 Å². The lowest BCUT2D eigenvalue weighted by molar-refractivity contribution is -0.139. The average molecular weight is 548 g/mol. The Bertz CT molecular complexity index is 1230. The summed E-state index contributed by atoms with van der Waals surface area (Å²) in [6.07, 6.45) is 0. The van der Waals surface area contributed by atoms with Crippen LogP contribution in [0.5, 0.6) is 17.2 Å². The van der Waals surface area contributed by atoms with Crippen LogP contribution in [0.25, 0.3) is 0 Å². The van der Waals surface area contributed by atoms with E-state index in [2.05, 4.69) is 5.32 Å². The van der Waals surface area contributed by atoms with E-state index >= 15 is 0 Å². The van der Waals surface area contributed by atoms with Crippen LogP contribution in [0.15, 0.2) is 42.5 Å². The summed E-state index contributed by atoms with van der Waals surface area (Å²) >= 11 is 0. The van der Waals surface area contributed by atoms with Gasteiger partial charge in [-0.1, -0.05) is 26.0 Å². The van der Waals surface area contributed by atoms with Gasteiger partial charge in [0.05, 0.1) is 18.6 Å². The standard InChI is InChI=1S/C27H37N3O7S/c1-6-38(33,34)30(22-10-11-24-25(15-22)37-13-12-36-24)18-26(31)29(20(4)27(32)28-16-19(2)3)17-21-8-7-9-23(14-21)35-5/h7-11,14-15,19-20H,6,12-13,16-18H2,1-5H3,(H,28,32). The molecule has 0 bridgehead atoms. The topological polar surface area (TPSA) is 114 Å². The third-order valence-electron chi connectivity index (χ3n) is 6.13. The summed E-state index contributed by atoms with van der Waals surface area (Å²) in [5.41, 5.74) is 1.02. The Morgan fingerprint density at radius 1 is 1.05 bits per heavy atom. The predicted octanol–water partition coefficient (Wildman–Crippen LogP) is 2.81. The van der Waals surface area contributed by atoms with E-state index in [1.54, 1.807) is 50.4 Å². The van der Waals surface area contributed by atoms with Gasteiger partial charge in [-0.25, -0.2) is 8.42 Å². The molecular weight excluding hydrogens is 510 g/mol. The zero-order valence-electron chi connectivity index (χ0n) is 22.6. The number of amides is 2. The van der Waals surface area contributed by atoms with Crippen LogP contribution in [0.4, 0.5) is 5.69 Å². The van der Waals surface area contributed by atoms with Gasteiger partial charge in [0, 0.05) is 19.2 Å². The summed E-state index contributed by atoms with van der Waals surface area (Å²) in [5.74, 6) is 0.704. The van der Waals surface area contributed by atoms with E-state index in [-0.39, 0.29) is 29.8 Å². The fourth-order valence-electron chi connectivity index (χ4n) is 3.91. The van der Waals surface area contributed by atoms with E-state index in [9.17, 15) is 18.0 Å². The number of carbonyl (C=O) groups excluding carboxylic acids is 2. The molecule has 38 heavy (non-hydrogen) atoms. The summed E-state index contributed by atoms with van der Waals surface area (Å²) in [4.78, 5) is 28.1. The first-order chi connectivity index (χ1) is 18.1. The van der Waals surface area contributed by atoms with Crippen LogP contribution in [0, 0.1) is 5.92 Å². The number of ether oxygens (including phenoxy) is 3. The molecule has 10 nitrogen and oxygen atoms in total. The second kappa shape index (κ2) is 12.9. The monoisotopic (exact) mass is 547 g/mol. The van der Waals surface area contributed by atoms with Crippen LogP contribution in [-0.4, -0.2) is 70.3 Å². The summed E-state index contributed by atoms with van der Waals surface area (Å²) in [7, 11) is -2.30. The molecule has 1 aliphatic heterocycles. The number of anilines is 1. The Morgan fingerprint density at radius 3 is 2.42 bits per heavy atom. The predicted molar refractivity (Wildman–Crippen MR) is 145 cm³/mol. The Labute approximate surface area is 224 Å². The van der Waals surface area contributed by atoms with Crippen LogP contribution in [-0.2, 0) is 26.2 Å². The minimum Gasteiger partial charge on any atom is -0.497 e. The van der Waals surface area contributed by atoms with Crippen molar-refractivity contribution in [2.24, 2.45) is 5.92 Å². The largest absolute Gasteiger partial charge is 0.497 e. The lowest BCUT2D eigenvalue weighted by Gasteiger charge is -2.32.